The quantitative estimate of drug-likeness (QED) is 0.630. The lowest BCUT2D eigenvalue weighted by molar-refractivity contribution is -0.128. The second-order valence-corrected chi connectivity index (χ2v) is 7.75. The van der Waals surface area contributed by atoms with Crippen molar-refractivity contribution in [1.29, 1.82) is 0 Å². The predicted molar refractivity (Wildman–Crippen MR) is 115 cm³/mol. The molecule has 1 atom stereocenters. The molecule has 1 N–H and O–H groups in total. The lowest BCUT2D eigenvalue weighted by Crippen LogP contribution is -2.45. The first-order valence-corrected chi connectivity index (χ1v) is 10.4. The van der Waals surface area contributed by atoms with Gasteiger partial charge in [0.1, 0.15) is 6.04 Å². The van der Waals surface area contributed by atoms with Gasteiger partial charge in [-0.15, -0.1) is 0 Å². The SMILES string of the molecule is O=C(NCc1ccnc(-n2cccn2)c1)[C@H](c1ccc(Cl)cc1Cl)N1CCOCC1. The highest BCUT2D eigenvalue weighted by Gasteiger charge is 2.30. The van der Waals surface area contributed by atoms with Crippen LogP contribution in [0, 0.1) is 0 Å². The van der Waals surface area contributed by atoms with Gasteiger partial charge in [-0.1, -0.05) is 29.3 Å². The van der Waals surface area contributed by atoms with Gasteiger partial charge >= 0.3 is 0 Å². The van der Waals surface area contributed by atoms with Crippen molar-refractivity contribution in [2.45, 2.75) is 12.6 Å². The van der Waals surface area contributed by atoms with E-state index in [0.717, 1.165) is 11.1 Å². The van der Waals surface area contributed by atoms with Gasteiger partial charge in [0.2, 0.25) is 5.91 Å². The molecular weight excluding hydrogens is 425 g/mol. The van der Waals surface area contributed by atoms with Gasteiger partial charge in [0.15, 0.2) is 5.82 Å². The van der Waals surface area contributed by atoms with E-state index in [0.29, 0.717) is 48.7 Å². The van der Waals surface area contributed by atoms with Crippen molar-refractivity contribution < 1.29 is 9.53 Å². The summed E-state index contributed by atoms with van der Waals surface area (Å²) in [5.74, 6) is 0.566. The van der Waals surface area contributed by atoms with Crippen molar-refractivity contribution in [3.8, 4) is 5.82 Å². The highest BCUT2D eigenvalue weighted by molar-refractivity contribution is 6.35. The number of hydrogen-bond donors (Lipinski definition) is 1. The maximum Gasteiger partial charge on any atom is 0.242 e. The third kappa shape index (κ3) is 4.82. The number of halogens is 2. The Balaban J connectivity index is 1.53. The summed E-state index contributed by atoms with van der Waals surface area (Å²) in [7, 11) is 0. The average molecular weight is 446 g/mol. The Morgan fingerprint density at radius 3 is 2.73 bits per heavy atom. The Morgan fingerprint density at radius 1 is 1.17 bits per heavy atom. The molecule has 1 aromatic carbocycles. The predicted octanol–water partition coefficient (Wildman–Crippen LogP) is 3.26. The molecule has 0 unspecified atom stereocenters. The number of ether oxygens (including phenoxy) is 1. The zero-order valence-corrected chi connectivity index (χ0v) is 17.7. The summed E-state index contributed by atoms with van der Waals surface area (Å²) in [6, 6.07) is 10.3. The van der Waals surface area contributed by atoms with Crippen molar-refractivity contribution in [2.24, 2.45) is 0 Å². The third-order valence-electron chi connectivity index (χ3n) is 4.93. The first-order chi connectivity index (χ1) is 14.6. The van der Waals surface area contributed by atoms with Crippen LogP contribution in [-0.4, -0.2) is 51.9 Å². The van der Waals surface area contributed by atoms with Crippen molar-refractivity contribution in [3.63, 3.8) is 0 Å². The average Bonchev–Trinajstić information content (AvgIpc) is 3.30. The van der Waals surface area contributed by atoms with E-state index in [1.807, 2.05) is 30.5 Å². The summed E-state index contributed by atoms with van der Waals surface area (Å²) in [6.07, 6.45) is 5.22. The maximum absolute atomic E-state index is 13.2. The number of benzene rings is 1. The Bertz CT molecular complexity index is 1010. The van der Waals surface area contributed by atoms with Gasteiger partial charge in [-0.05, 0) is 41.5 Å². The van der Waals surface area contributed by atoms with Gasteiger partial charge in [-0.2, -0.15) is 5.10 Å². The van der Waals surface area contributed by atoms with Crippen LogP contribution in [0.5, 0.6) is 0 Å². The topological polar surface area (TPSA) is 72.3 Å². The molecule has 0 aliphatic carbocycles. The number of rotatable bonds is 6. The molecular formula is C21H21Cl2N5O2. The van der Waals surface area contributed by atoms with E-state index in [9.17, 15) is 4.79 Å². The van der Waals surface area contributed by atoms with Crippen LogP contribution < -0.4 is 5.32 Å². The van der Waals surface area contributed by atoms with Crippen molar-refractivity contribution in [1.82, 2.24) is 25.0 Å². The van der Waals surface area contributed by atoms with E-state index < -0.39 is 6.04 Å². The fourth-order valence-electron chi connectivity index (χ4n) is 3.45. The number of pyridine rings is 1. The highest BCUT2D eigenvalue weighted by Crippen LogP contribution is 2.31. The van der Waals surface area contributed by atoms with E-state index in [1.165, 1.54) is 0 Å². The molecule has 2 aromatic heterocycles. The number of carbonyl (C=O) groups excluding carboxylic acids is 1. The molecule has 1 saturated heterocycles. The van der Waals surface area contributed by atoms with Crippen LogP contribution in [0.25, 0.3) is 5.82 Å². The summed E-state index contributed by atoms with van der Waals surface area (Å²) in [4.78, 5) is 19.6. The van der Waals surface area contributed by atoms with Crippen molar-refractivity contribution >= 4 is 29.1 Å². The van der Waals surface area contributed by atoms with Gasteiger partial charge in [-0.3, -0.25) is 9.69 Å². The van der Waals surface area contributed by atoms with Crippen LogP contribution in [0.2, 0.25) is 10.0 Å². The molecule has 0 bridgehead atoms. The first-order valence-electron chi connectivity index (χ1n) is 9.61. The van der Waals surface area contributed by atoms with Gasteiger partial charge in [0.05, 0.1) is 13.2 Å². The molecule has 0 radical (unpaired) electrons. The van der Waals surface area contributed by atoms with Gasteiger partial charge in [0, 0.05) is 48.3 Å². The van der Waals surface area contributed by atoms with Crippen LogP contribution in [0.4, 0.5) is 0 Å². The largest absolute Gasteiger partial charge is 0.379 e. The highest BCUT2D eigenvalue weighted by atomic mass is 35.5. The number of amides is 1. The Labute approximate surface area is 184 Å². The molecule has 4 rings (SSSR count). The summed E-state index contributed by atoms with van der Waals surface area (Å²) < 4.78 is 7.13. The minimum Gasteiger partial charge on any atom is -0.379 e. The van der Waals surface area contributed by atoms with E-state index in [-0.39, 0.29) is 5.91 Å². The second-order valence-electron chi connectivity index (χ2n) is 6.91. The van der Waals surface area contributed by atoms with Crippen LogP contribution in [-0.2, 0) is 16.1 Å². The van der Waals surface area contributed by atoms with E-state index in [4.69, 9.17) is 27.9 Å². The smallest absolute Gasteiger partial charge is 0.242 e. The first kappa shape index (κ1) is 20.8. The lowest BCUT2D eigenvalue weighted by Gasteiger charge is -2.34. The van der Waals surface area contributed by atoms with Crippen molar-refractivity contribution in [3.05, 3.63) is 76.2 Å². The molecule has 1 fully saturated rings. The fourth-order valence-corrected chi connectivity index (χ4v) is 3.96. The number of nitrogens with zero attached hydrogens (tertiary/aromatic N) is 4. The lowest BCUT2D eigenvalue weighted by atomic mass is 10.0. The molecule has 3 aromatic rings. The van der Waals surface area contributed by atoms with Crippen molar-refractivity contribution in [2.75, 3.05) is 26.3 Å². The minimum absolute atomic E-state index is 0.126. The summed E-state index contributed by atoms with van der Waals surface area (Å²) >= 11 is 12.5. The molecule has 1 aliphatic rings. The molecule has 0 saturated carbocycles. The Morgan fingerprint density at radius 2 is 2.00 bits per heavy atom. The van der Waals surface area contributed by atoms with Gasteiger partial charge < -0.3 is 10.1 Å². The zero-order chi connectivity index (χ0) is 20.9. The van der Waals surface area contributed by atoms with Crippen LogP contribution in [0.1, 0.15) is 17.2 Å². The van der Waals surface area contributed by atoms with Gasteiger partial charge in [-0.25, -0.2) is 9.67 Å². The molecule has 1 amide bonds. The monoisotopic (exact) mass is 445 g/mol. The number of nitrogens with one attached hydrogen (secondary N) is 1. The Kier molecular flexibility index (Phi) is 6.64. The Hall–Kier alpha value is -2.45. The third-order valence-corrected chi connectivity index (χ3v) is 5.49. The van der Waals surface area contributed by atoms with Crippen LogP contribution in [0.3, 0.4) is 0 Å². The molecule has 9 heteroatoms. The van der Waals surface area contributed by atoms with E-state index in [2.05, 4.69) is 20.3 Å². The minimum atomic E-state index is -0.522. The number of morpholine rings is 1. The zero-order valence-electron chi connectivity index (χ0n) is 16.2. The number of hydrogen-bond acceptors (Lipinski definition) is 5. The fraction of sp³-hybridized carbons (Fsp3) is 0.286. The summed E-state index contributed by atoms with van der Waals surface area (Å²) in [5, 5.41) is 8.24. The molecule has 1 aliphatic heterocycles. The second kappa shape index (κ2) is 9.57. The standard InChI is InChI=1S/C21H21Cl2N5O2/c22-16-2-3-17(18(23)13-16)20(27-8-10-30-11-9-27)21(29)25-14-15-4-6-24-19(12-15)28-7-1-5-26-28/h1-7,12-13,20H,8-11,14H2,(H,25,29)/t20-/m0/s1. The van der Waals surface area contributed by atoms with E-state index in [1.54, 1.807) is 29.2 Å². The summed E-state index contributed by atoms with van der Waals surface area (Å²) in [5.41, 5.74) is 1.65. The molecule has 30 heavy (non-hydrogen) atoms. The van der Waals surface area contributed by atoms with Gasteiger partial charge in [0.25, 0.3) is 0 Å². The molecule has 0 spiro atoms. The molecule has 3 heterocycles. The summed E-state index contributed by atoms with van der Waals surface area (Å²) in [6.45, 7) is 2.81. The molecule has 7 nitrogen and oxygen atoms in total. The number of aromatic nitrogens is 3. The molecule has 156 valence electrons. The number of carbonyl (C=O) groups is 1. The van der Waals surface area contributed by atoms with Crippen LogP contribution >= 0.6 is 23.2 Å². The normalized spacial score (nSPS) is 15.7. The van der Waals surface area contributed by atoms with Crippen LogP contribution in [0.15, 0.2) is 55.0 Å². The van der Waals surface area contributed by atoms with E-state index >= 15 is 0 Å². The maximum atomic E-state index is 13.2.